The minimum absolute atomic E-state index is 0.0111. The molecular formula is C14H19N3O2. The van der Waals surface area contributed by atoms with Crippen molar-refractivity contribution < 1.29 is 9.59 Å². The molecule has 0 radical (unpaired) electrons. The van der Waals surface area contributed by atoms with Crippen molar-refractivity contribution in [2.45, 2.75) is 19.4 Å². The van der Waals surface area contributed by atoms with Gasteiger partial charge in [-0.1, -0.05) is 13.0 Å². The second-order valence-corrected chi connectivity index (χ2v) is 5.13. The van der Waals surface area contributed by atoms with E-state index in [4.69, 9.17) is 11.5 Å². The number of hydrogen-bond acceptors (Lipinski definition) is 3. The predicted molar refractivity (Wildman–Crippen MR) is 72.6 cm³/mol. The van der Waals surface area contributed by atoms with E-state index in [-0.39, 0.29) is 11.9 Å². The molecule has 2 rings (SSSR count). The summed E-state index contributed by atoms with van der Waals surface area (Å²) in [7, 11) is 0. The number of nitrogens with two attached hydrogens (primary N) is 2. The molecule has 4 N–H and O–H groups in total. The van der Waals surface area contributed by atoms with Crippen LogP contribution in [0, 0.1) is 5.92 Å². The average Bonchev–Trinajstić information content (AvgIpc) is 2.41. The van der Waals surface area contributed by atoms with E-state index in [0.29, 0.717) is 30.1 Å². The lowest BCUT2D eigenvalue weighted by molar-refractivity contribution is 0.0672. The molecule has 1 fully saturated rings. The Morgan fingerprint density at radius 3 is 2.63 bits per heavy atom. The Bertz CT molecular complexity index is 501. The number of benzene rings is 1. The largest absolute Gasteiger partial charge is 0.366 e. The molecule has 5 nitrogen and oxygen atoms in total. The van der Waals surface area contributed by atoms with E-state index in [9.17, 15) is 9.59 Å². The fourth-order valence-corrected chi connectivity index (χ4v) is 2.27. The minimum atomic E-state index is -0.529. The monoisotopic (exact) mass is 261 g/mol. The molecular weight excluding hydrogens is 242 g/mol. The van der Waals surface area contributed by atoms with Crippen LogP contribution in [0.2, 0.25) is 0 Å². The first kappa shape index (κ1) is 13.5. The van der Waals surface area contributed by atoms with Crippen molar-refractivity contribution in [3.63, 3.8) is 0 Å². The van der Waals surface area contributed by atoms with Crippen LogP contribution in [0.25, 0.3) is 0 Å². The first-order valence-electron chi connectivity index (χ1n) is 6.43. The third kappa shape index (κ3) is 2.93. The molecule has 0 aliphatic carbocycles. The fraction of sp³-hybridized carbons (Fsp3) is 0.429. The molecule has 19 heavy (non-hydrogen) atoms. The van der Waals surface area contributed by atoms with Crippen LogP contribution in [0.1, 0.15) is 34.1 Å². The summed E-state index contributed by atoms with van der Waals surface area (Å²) in [5, 5.41) is 0. The second kappa shape index (κ2) is 5.40. The Balaban J connectivity index is 2.16. The van der Waals surface area contributed by atoms with Gasteiger partial charge in [0.2, 0.25) is 5.91 Å². The second-order valence-electron chi connectivity index (χ2n) is 5.13. The summed E-state index contributed by atoms with van der Waals surface area (Å²) in [5.41, 5.74) is 12.0. The summed E-state index contributed by atoms with van der Waals surface area (Å²) in [5.74, 6) is -0.190. The van der Waals surface area contributed by atoms with E-state index in [1.54, 1.807) is 23.1 Å². The third-order valence-electron chi connectivity index (χ3n) is 3.70. The third-order valence-corrected chi connectivity index (χ3v) is 3.70. The van der Waals surface area contributed by atoms with Gasteiger partial charge in [-0.25, -0.2) is 0 Å². The standard InChI is InChI=1S/C14H19N3O2/c1-9-5-6-17(8-12(9)15)14(19)11-4-2-3-10(7-11)13(16)18/h2-4,7,9,12H,5-6,8,15H2,1H3,(H2,16,18). The highest BCUT2D eigenvalue weighted by molar-refractivity contribution is 5.99. The quantitative estimate of drug-likeness (QED) is 0.816. The average molecular weight is 261 g/mol. The predicted octanol–water partition coefficient (Wildman–Crippen LogP) is 0.595. The molecule has 5 heteroatoms. The van der Waals surface area contributed by atoms with Crippen LogP contribution in [0.15, 0.2) is 24.3 Å². The Morgan fingerprint density at radius 1 is 1.32 bits per heavy atom. The highest BCUT2D eigenvalue weighted by Gasteiger charge is 2.27. The summed E-state index contributed by atoms with van der Waals surface area (Å²) < 4.78 is 0. The molecule has 2 unspecified atom stereocenters. The van der Waals surface area contributed by atoms with Crippen molar-refractivity contribution in [2.24, 2.45) is 17.4 Å². The van der Waals surface area contributed by atoms with Crippen LogP contribution in [-0.2, 0) is 0 Å². The lowest BCUT2D eigenvalue weighted by Gasteiger charge is -2.35. The number of amides is 2. The van der Waals surface area contributed by atoms with Gasteiger partial charge >= 0.3 is 0 Å². The van der Waals surface area contributed by atoms with Gasteiger partial charge in [0.1, 0.15) is 0 Å². The minimum Gasteiger partial charge on any atom is -0.366 e. The Morgan fingerprint density at radius 2 is 2.00 bits per heavy atom. The van der Waals surface area contributed by atoms with Gasteiger partial charge in [0.25, 0.3) is 5.91 Å². The molecule has 0 bridgehead atoms. The molecule has 0 aromatic heterocycles. The van der Waals surface area contributed by atoms with Crippen LogP contribution >= 0.6 is 0 Å². The van der Waals surface area contributed by atoms with Gasteiger partial charge in [0.15, 0.2) is 0 Å². The summed E-state index contributed by atoms with van der Waals surface area (Å²) >= 11 is 0. The van der Waals surface area contributed by atoms with Crippen molar-refractivity contribution in [2.75, 3.05) is 13.1 Å². The van der Waals surface area contributed by atoms with E-state index in [1.165, 1.54) is 6.07 Å². The van der Waals surface area contributed by atoms with Crippen molar-refractivity contribution >= 4 is 11.8 Å². The number of carbonyl (C=O) groups is 2. The number of hydrogen-bond donors (Lipinski definition) is 2. The van der Waals surface area contributed by atoms with Crippen LogP contribution in [0.4, 0.5) is 0 Å². The zero-order valence-electron chi connectivity index (χ0n) is 11.0. The summed E-state index contributed by atoms with van der Waals surface area (Å²) in [6.45, 7) is 3.36. The highest BCUT2D eigenvalue weighted by atomic mass is 16.2. The van der Waals surface area contributed by atoms with Crippen molar-refractivity contribution in [3.05, 3.63) is 35.4 Å². The molecule has 1 aliphatic rings. The van der Waals surface area contributed by atoms with E-state index in [2.05, 4.69) is 6.92 Å². The zero-order valence-corrected chi connectivity index (χ0v) is 11.0. The maximum absolute atomic E-state index is 12.3. The first-order valence-corrected chi connectivity index (χ1v) is 6.43. The maximum atomic E-state index is 12.3. The number of rotatable bonds is 2. The van der Waals surface area contributed by atoms with Crippen LogP contribution in [0.3, 0.4) is 0 Å². The summed E-state index contributed by atoms with van der Waals surface area (Å²) in [6.07, 6.45) is 0.905. The first-order chi connectivity index (χ1) is 8.99. The summed E-state index contributed by atoms with van der Waals surface area (Å²) in [4.78, 5) is 25.2. The molecule has 1 saturated heterocycles. The molecule has 0 saturated carbocycles. The normalized spacial score (nSPS) is 23.2. The number of nitrogens with zero attached hydrogens (tertiary/aromatic N) is 1. The molecule has 2 atom stereocenters. The number of piperidine rings is 1. The van der Waals surface area contributed by atoms with Crippen molar-refractivity contribution in [3.8, 4) is 0 Å². The SMILES string of the molecule is CC1CCN(C(=O)c2cccc(C(N)=O)c2)CC1N. The van der Waals surface area contributed by atoms with Gasteiger partial charge in [-0.05, 0) is 30.5 Å². The Hall–Kier alpha value is -1.88. The van der Waals surface area contributed by atoms with Crippen molar-refractivity contribution in [1.82, 2.24) is 4.90 Å². The van der Waals surface area contributed by atoms with Gasteiger partial charge in [-0.15, -0.1) is 0 Å². The molecule has 1 heterocycles. The van der Waals surface area contributed by atoms with Crippen molar-refractivity contribution in [1.29, 1.82) is 0 Å². The topological polar surface area (TPSA) is 89.4 Å². The molecule has 1 aromatic rings. The van der Waals surface area contributed by atoms with E-state index in [0.717, 1.165) is 6.42 Å². The van der Waals surface area contributed by atoms with Gasteiger partial charge in [0.05, 0.1) is 0 Å². The molecule has 102 valence electrons. The van der Waals surface area contributed by atoms with E-state index >= 15 is 0 Å². The van der Waals surface area contributed by atoms with Gasteiger partial charge in [-0.3, -0.25) is 9.59 Å². The molecule has 2 amide bonds. The van der Waals surface area contributed by atoms with Gasteiger partial charge in [-0.2, -0.15) is 0 Å². The van der Waals surface area contributed by atoms with Gasteiger partial charge < -0.3 is 16.4 Å². The Labute approximate surface area is 112 Å². The maximum Gasteiger partial charge on any atom is 0.253 e. The lowest BCUT2D eigenvalue weighted by Crippen LogP contribution is -2.49. The molecule has 0 spiro atoms. The molecule has 1 aliphatic heterocycles. The van der Waals surface area contributed by atoms with Gasteiger partial charge in [0, 0.05) is 30.3 Å². The van der Waals surface area contributed by atoms with E-state index in [1.807, 2.05) is 0 Å². The van der Waals surface area contributed by atoms with Crippen LogP contribution in [-0.4, -0.2) is 35.8 Å². The van der Waals surface area contributed by atoms with E-state index < -0.39 is 5.91 Å². The highest BCUT2D eigenvalue weighted by Crippen LogP contribution is 2.18. The van der Waals surface area contributed by atoms with Crippen LogP contribution < -0.4 is 11.5 Å². The van der Waals surface area contributed by atoms with Crippen LogP contribution in [0.5, 0.6) is 0 Å². The number of likely N-dealkylation sites (tertiary alicyclic amines) is 1. The molecule has 1 aromatic carbocycles. The number of carbonyl (C=O) groups excluding carboxylic acids is 2. The summed E-state index contributed by atoms with van der Waals surface area (Å²) in [6, 6.07) is 6.51. The number of primary amides is 1. The fourth-order valence-electron chi connectivity index (χ4n) is 2.27. The zero-order chi connectivity index (χ0) is 14.0. The Kier molecular flexibility index (Phi) is 3.85. The smallest absolute Gasteiger partial charge is 0.253 e. The lowest BCUT2D eigenvalue weighted by atomic mass is 9.94.